The van der Waals surface area contributed by atoms with E-state index in [1.165, 1.54) is 0 Å². The van der Waals surface area contributed by atoms with Gasteiger partial charge in [-0.1, -0.05) is 6.42 Å². The number of piperidine rings is 1. The molecule has 1 aliphatic carbocycles. The first-order chi connectivity index (χ1) is 8.91. The van der Waals surface area contributed by atoms with E-state index in [-0.39, 0.29) is 12.5 Å². The predicted octanol–water partition coefficient (Wildman–Crippen LogP) is 3.17. The first kappa shape index (κ1) is 15.1. The van der Waals surface area contributed by atoms with Crippen molar-refractivity contribution in [3.63, 3.8) is 0 Å². The molecule has 4 atom stereocenters. The summed E-state index contributed by atoms with van der Waals surface area (Å²) >= 11 is 0. The first-order valence-corrected chi connectivity index (χ1v) is 7.44. The van der Waals surface area contributed by atoms with Gasteiger partial charge in [-0.2, -0.15) is 13.2 Å². The average Bonchev–Trinajstić information content (AvgIpc) is 2.38. The normalized spacial score (nSPS) is 38.4. The summed E-state index contributed by atoms with van der Waals surface area (Å²) in [5, 5.41) is 0. The lowest BCUT2D eigenvalue weighted by Gasteiger charge is -2.45. The van der Waals surface area contributed by atoms with Gasteiger partial charge in [0.2, 0.25) is 0 Å². The summed E-state index contributed by atoms with van der Waals surface area (Å²) in [6, 6.07) is 0.504. The van der Waals surface area contributed by atoms with E-state index in [1.807, 2.05) is 0 Å². The number of alkyl halides is 3. The zero-order valence-electron chi connectivity index (χ0n) is 11.6. The van der Waals surface area contributed by atoms with Gasteiger partial charge in [0.1, 0.15) is 0 Å². The minimum absolute atomic E-state index is 0.102. The van der Waals surface area contributed by atoms with Crippen molar-refractivity contribution in [3.05, 3.63) is 0 Å². The second-order valence-corrected chi connectivity index (χ2v) is 6.28. The second-order valence-electron chi connectivity index (χ2n) is 6.28. The van der Waals surface area contributed by atoms with E-state index in [0.29, 0.717) is 31.3 Å². The van der Waals surface area contributed by atoms with Crippen molar-refractivity contribution in [2.24, 2.45) is 17.6 Å². The Morgan fingerprint density at radius 1 is 1.16 bits per heavy atom. The van der Waals surface area contributed by atoms with Crippen molar-refractivity contribution >= 4 is 0 Å². The highest BCUT2D eigenvalue weighted by atomic mass is 19.4. The van der Waals surface area contributed by atoms with Crippen LogP contribution >= 0.6 is 0 Å². The van der Waals surface area contributed by atoms with Crippen LogP contribution in [0.1, 0.15) is 45.4 Å². The molecule has 5 heteroatoms. The molecule has 2 nitrogen and oxygen atoms in total. The minimum Gasteiger partial charge on any atom is -0.330 e. The maximum atomic E-state index is 12.9. The van der Waals surface area contributed by atoms with E-state index in [1.54, 1.807) is 0 Å². The largest absolute Gasteiger partial charge is 0.391 e. The van der Waals surface area contributed by atoms with Gasteiger partial charge in [0, 0.05) is 18.6 Å². The summed E-state index contributed by atoms with van der Waals surface area (Å²) < 4.78 is 38.6. The molecule has 0 amide bonds. The van der Waals surface area contributed by atoms with Crippen LogP contribution in [0.3, 0.4) is 0 Å². The van der Waals surface area contributed by atoms with Crippen molar-refractivity contribution < 1.29 is 13.2 Å². The summed E-state index contributed by atoms with van der Waals surface area (Å²) in [5.74, 6) is -0.640. The molecule has 4 unspecified atom stereocenters. The number of nitrogens with two attached hydrogens (primary N) is 1. The zero-order chi connectivity index (χ0) is 14.0. The summed E-state index contributed by atoms with van der Waals surface area (Å²) in [6.45, 7) is 3.68. The molecule has 1 saturated heterocycles. The van der Waals surface area contributed by atoms with Crippen LogP contribution in [0.15, 0.2) is 0 Å². The molecule has 0 radical (unpaired) electrons. The van der Waals surface area contributed by atoms with Gasteiger partial charge in [-0.25, -0.2) is 0 Å². The maximum absolute atomic E-state index is 12.9. The molecule has 0 aromatic carbocycles. The lowest BCUT2D eigenvalue weighted by Crippen LogP contribution is -2.51. The van der Waals surface area contributed by atoms with Crippen molar-refractivity contribution in [2.75, 3.05) is 13.1 Å². The van der Waals surface area contributed by atoms with Crippen LogP contribution in [0.4, 0.5) is 13.2 Å². The number of nitrogens with zero attached hydrogens (tertiary/aromatic N) is 1. The Labute approximate surface area is 113 Å². The molecule has 2 rings (SSSR count). The fourth-order valence-electron chi connectivity index (χ4n) is 3.68. The SMILES string of the molecule is CC1CCC(CN)CN1C1CCCC(C(F)(F)F)C1. The third-order valence-electron chi connectivity index (χ3n) is 4.94. The highest BCUT2D eigenvalue weighted by Crippen LogP contribution is 2.40. The molecule has 1 saturated carbocycles. The topological polar surface area (TPSA) is 29.3 Å². The molecule has 2 fully saturated rings. The number of hydrogen-bond acceptors (Lipinski definition) is 2. The Kier molecular flexibility index (Phi) is 4.77. The maximum Gasteiger partial charge on any atom is 0.391 e. The minimum atomic E-state index is -4.02. The van der Waals surface area contributed by atoms with Gasteiger partial charge in [-0.15, -0.1) is 0 Å². The summed E-state index contributed by atoms with van der Waals surface area (Å²) in [4.78, 5) is 2.30. The Morgan fingerprint density at radius 2 is 1.89 bits per heavy atom. The number of halogens is 3. The zero-order valence-corrected chi connectivity index (χ0v) is 11.6. The Morgan fingerprint density at radius 3 is 2.53 bits per heavy atom. The van der Waals surface area contributed by atoms with Crippen LogP contribution in [-0.4, -0.2) is 36.2 Å². The lowest BCUT2D eigenvalue weighted by atomic mass is 9.82. The third kappa shape index (κ3) is 3.63. The number of hydrogen-bond donors (Lipinski definition) is 1. The fourth-order valence-corrected chi connectivity index (χ4v) is 3.68. The van der Waals surface area contributed by atoms with Gasteiger partial charge in [0.25, 0.3) is 0 Å². The van der Waals surface area contributed by atoms with Gasteiger partial charge >= 0.3 is 6.18 Å². The smallest absolute Gasteiger partial charge is 0.330 e. The van der Waals surface area contributed by atoms with Crippen LogP contribution in [0.25, 0.3) is 0 Å². The van der Waals surface area contributed by atoms with Gasteiger partial charge in [-0.3, -0.25) is 4.90 Å². The molecule has 112 valence electrons. The van der Waals surface area contributed by atoms with Crippen molar-refractivity contribution in [1.82, 2.24) is 4.90 Å². The van der Waals surface area contributed by atoms with Crippen molar-refractivity contribution in [1.29, 1.82) is 0 Å². The molecule has 2 aliphatic rings. The quantitative estimate of drug-likeness (QED) is 0.840. The highest BCUT2D eigenvalue weighted by Gasteiger charge is 2.44. The predicted molar refractivity (Wildman–Crippen MR) is 69.7 cm³/mol. The summed E-state index contributed by atoms with van der Waals surface area (Å²) in [7, 11) is 0. The molecule has 0 aromatic heterocycles. The molecule has 0 aromatic rings. The van der Waals surface area contributed by atoms with Crippen molar-refractivity contribution in [3.8, 4) is 0 Å². The van der Waals surface area contributed by atoms with E-state index in [9.17, 15) is 13.2 Å². The van der Waals surface area contributed by atoms with E-state index < -0.39 is 12.1 Å². The van der Waals surface area contributed by atoms with Crippen LogP contribution in [-0.2, 0) is 0 Å². The highest BCUT2D eigenvalue weighted by molar-refractivity contribution is 4.89. The fraction of sp³-hybridized carbons (Fsp3) is 1.00. The summed E-state index contributed by atoms with van der Waals surface area (Å²) in [5.41, 5.74) is 5.73. The van der Waals surface area contributed by atoms with Gasteiger partial charge in [-0.05, 0) is 51.5 Å². The average molecular weight is 278 g/mol. The van der Waals surface area contributed by atoms with E-state index in [0.717, 1.165) is 25.8 Å². The lowest BCUT2D eigenvalue weighted by molar-refractivity contribution is -0.188. The van der Waals surface area contributed by atoms with E-state index in [2.05, 4.69) is 11.8 Å². The third-order valence-corrected chi connectivity index (χ3v) is 4.94. The molecule has 1 aliphatic heterocycles. The molecular formula is C14H25F3N2. The Balaban J connectivity index is 1.99. The molecule has 0 bridgehead atoms. The molecule has 1 heterocycles. The molecular weight excluding hydrogens is 253 g/mol. The number of rotatable bonds is 2. The number of likely N-dealkylation sites (tertiary alicyclic amines) is 1. The van der Waals surface area contributed by atoms with Gasteiger partial charge < -0.3 is 5.73 Å². The van der Waals surface area contributed by atoms with Gasteiger partial charge in [0.15, 0.2) is 0 Å². The second kappa shape index (κ2) is 6.00. The van der Waals surface area contributed by atoms with Crippen LogP contribution in [0, 0.1) is 11.8 Å². The van der Waals surface area contributed by atoms with Crippen LogP contribution in [0.2, 0.25) is 0 Å². The standard InChI is InChI=1S/C14H25F3N2/c1-10-5-6-11(8-18)9-19(10)13-4-2-3-12(7-13)14(15,16)17/h10-13H,2-9,18H2,1H3. The van der Waals surface area contributed by atoms with E-state index >= 15 is 0 Å². The van der Waals surface area contributed by atoms with Crippen LogP contribution in [0.5, 0.6) is 0 Å². The van der Waals surface area contributed by atoms with Gasteiger partial charge in [0.05, 0.1) is 5.92 Å². The van der Waals surface area contributed by atoms with E-state index in [4.69, 9.17) is 5.73 Å². The van der Waals surface area contributed by atoms with Crippen LogP contribution < -0.4 is 5.73 Å². The Hall–Kier alpha value is -0.290. The molecule has 0 spiro atoms. The van der Waals surface area contributed by atoms with Crippen molar-refractivity contribution in [2.45, 2.75) is 63.7 Å². The molecule has 2 N–H and O–H groups in total. The monoisotopic (exact) mass is 278 g/mol. The first-order valence-electron chi connectivity index (χ1n) is 7.44. The summed E-state index contributed by atoms with van der Waals surface area (Å²) in [6.07, 6.45) is 0.358. The Bertz CT molecular complexity index is 293. The molecule has 19 heavy (non-hydrogen) atoms.